The van der Waals surface area contributed by atoms with Crippen LogP contribution in [-0.2, 0) is 22.6 Å². The Hall–Kier alpha value is -1.72. The Morgan fingerprint density at radius 2 is 1.87 bits per heavy atom. The Kier molecular flexibility index (Phi) is 3.18. The molecule has 0 N–H and O–H groups in total. The molecule has 1 radical (unpaired) electrons. The number of carbonyl (C=O) groups excluding carboxylic acids is 1. The number of rotatable bonds is 2. The van der Waals surface area contributed by atoms with Gasteiger partial charge in [-0.15, -0.1) is 0 Å². The maximum absolute atomic E-state index is 12.4. The fraction of sp³-hybridized carbons (Fsp3) is 0.222. The maximum atomic E-state index is 12.4. The first-order valence-corrected chi connectivity index (χ1v) is 3.90. The molecule has 0 saturated carbocycles. The van der Waals surface area contributed by atoms with E-state index < -0.39 is 24.5 Å². The van der Waals surface area contributed by atoms with Crippen LogP contribution in [0.4, 0.5) is 18.0 Å². The van der Waals surface area contributed by atoms with Gasteiger partial charge in [0.2, 0.25) is 0 Å². The van der Waals surface area contributed by atoms with Gasteiger partial charge in [-0.25, -0.2) is 0 Å². The lowest BCUT2D eigenvalue weighted by molar-refractivity contribution is -0.138. The van der Waals surface area contributed by atoms with E-state index in [0.29, 0.717) is 0 Å². The SMILES string of the molecule is [O]C(=O)OCc1ccccc1C(F)(F)F. The van der Waals surface area contributed by atoms with Crippen LogP contribution in [0.25, 0.3) is 0 Å². The second-order valence-corrected chi connectivity index (χ2v) is 2.69. The summed E-state index contributed by atoms with van der Waals surface area (Å²) in [4.78, 5) is 9.92. The van der Waals surface area contributed by atoms with Crippen LogP contribution in [0.3, 0.4) is 0 Å². The predicted molar refractivity (Wildman–Crippen MR) is 42.3 cm³/mol. The van der Waals surface area contributed by atoms with E-state index in [0.717, 1.165) is 12.1 Å². The molecule has 0 heterocycles. The van der Waals surface area contributed by atoms with E-state index in [1.807, 2.05) is 0 Å². The first-order valence-electron chi connectivity index (χ1n) is 3.90. The molecule has 3 nitrogen and oxygen atoms in total. The molecular formula is C9H6F3O3. The Labute approximate surface area is 83.1 Å². The van der Waals surface area contributed by atoms with Crippen LogP contribution >= 0.6 is 0 Å². The predicted octanol–water partition coefficient (Wildman–Crippen LogP) is 2.77. The monoisotopic (exact) mass is 219 g/mol. The van der Waals surface area contributed by atoms with Gasteiger partial charge in [0.05, 0.1) is 5.56 Å². The van der Waals surface area contributed by atoms with Crippen molar-refractivity contribution in [2.75, 3.05) is 0 Å². The number of hydrogen-bond donors (Lipinski definition) is 0. The highest BCUT2D eigenvalue weighted by Crippen LogP contribution is 2.32. The summed E-state index contributed by atoms with van der Waals surface area (Å²) >= 11 is 0. The van der Waals surface area contributed by atoms with Crippen LogP contribution < -0.4 is 0 Å². The second-order valence-electron chi connectivity index (χ2n) is 2.69. The third kappa shape index (κ3) is 3.16. The van der Waals surface area contributed by atoms with Gasteiger partial charge in [-0.2, -0.15) is 23.1 Å². The quantitative estimate of drug-likeness (QED) is 0.718. The lowest BCUT2D eigenvalue weighted by atomic mass is 10.1. The molecule has 81 valence electrons. The van der Waals surface area contributed by atoms with Gasteiger partial charge < -0.3 is 4.74 Å². The van der Waals surface area contributed by atoms with Crippen molar-refractivity contribution < 1.29 is 27.8 Å². The van der Waals surface area contributed by atoms with E-state index in [2.05, 4.69) is 4.74 Å². The molecular weight excluding hydrogens is 213 g/mol. The zero-order valence-corrected chi connectivity index (χ0v) is 7.38. The lowest BCUT2D eigenvalue weighted by Gasteiger charge is -2.11. The molecule has 0 aromatic heterocycles. The van der Waals surface area contributed by atoms with Crippen LogP contribution in [0.2, 0.25) is 0 Å². The summed E-state index contributed by atoms with van der Waals surface area (Å²) in [7, 11) is 0. The summed E-state index contributed by atoms with van der Waals surface area (Å²) in [5.41, 5.74) is -1.15. The first kappa shape index (κ1) is 11.4. The van der Waals surface area contributed by atoms with Crippen molar-refractivity contribution in [1.82, 2.24) is 0 Å². The Balaban J connectivity index is 2.92. The molecule has 1 aromatic carbocycles. The molecule has 0 saturated heterocycles. The maximum Gasteiger partial charge on any atom is 0.550 e. The number of hydrogen-bond acceptors (Lipinski definition) is 2. The van der Waals surface area contributed by atoms with Gasteiger partial charge in [0, 0.05) is 5.56 Å². The molecule has 0 aliphatic rings. The molecule has 6 heteroatoms. The van der Waals surface area contributed by atoms with Crippen LogP contribution in [0, 0.1) is 0 Å². The molecule has 0 unspecified atom stereocenters. The van der Waals surface area contributed by atoms with Crippen molar-refractivity contribution in [3.8, 4) is 0 Å². The van der Waals surface area contributed by atoms with Gasteiger partial charge in [0.25, 0.3) is 0 Å². The zero-order chi connectivity index (χ0) is 11.5. The molecule has 15 heavy (non-hydrogen) atoms. The van der Waals surface area contributed by atoms with Crippen molar-refractivity contribution >= 4 is 6.16 Å². The molecule has 1 aromatic rings. The Morgan fingerprint density at radius 3 is 2.40 bits per heavy atom. The van der Waals surface area contributed by atoms with Gasteiger partial charge in [-0.3, -0.25) is 0 Å². The van der Waals surface area contributed by atoms with Crippen LogP contribution in [0.1, 0.15) is 11.1 Å². The molecule has 0 fully saturated rings. The highest BCUT2D eigenvalue weighted by atomic mass is 19.4. The van der Waals surface area contributed by atoms with E-state index in [1.165, 1.54) is 12.1 Å². The van der Waals surface area contributed by atoms with Crippen molar-refractivity contribution in [3.05, 3.63) is 35.4 Å². The number of ether oxygens (including phenoxy) is 1. The molecule has 0 spiro atoms. The molecule has 0 atom stereocenters. The fourth-order valence-corrected chi connectivity index (χ4v) is 1.06. The average Bonchev–Trinajstić information content (AvgIpc) is 2.13. The van der Waals surface area contributed by atoms with Crippen molar-refractivity contribution in [3.63, 3.8) is 0 Å². The lowest BCUT2D eigenvalue weighted by Crippen LogP contribution is -2.10. The highest BCUT2D eigenvalue weighted by Gasteiger charge is 2.33. The summed E-state index contributed by atoms with van der Waals surface area (Å²) < 4.78 is 41.0. The van der Waals surface area contributed by atoms with Crippen LogP contribution in [0.5, 0.6) is 0 Å². The summed E-state index contributed by atoms with van der Waals surface area (Å²) in [5, 5.41) is 9.92. The topological polar surface area (TPSA) is 46.2 Å². The third-order valence-corrected chi connectivity index (χ3v) is 1.67. The second kappa shape index (κ2) is 4.20. The summed E-state index contributed by atoms with van der Waals surface area (Å²) in [6.45, 7) is -0.669. The molecule has 0 aliphatic heterocycles. The van der Waals surface area contributed by atoms with Gasteiger partial charge >= 0.3 is 12.3 Å². The van der Waals surface area contributed by atoms with Gasteiger partial charge in [-0.1, -0.05) is 18.2 Å². The van der Waals surface area contributed by atoms with E-state index in [9.17, 15) is 23.1 Å². The van der Waals surface area contributed by atoms with E-state index >= 15 is 0 Å². The minimum absolute atomic E-state index is 0.241. The Morgan fingerprint density at radius 1 is 1.27 bits per heavy atom. The van der Waals surface area contributed by atoms with Crippen molar-refractivity contribution in [2.24, 2.45) is 0 Å². The average molecular weight is 219 g/mol. The van der Waals surface area contributed by atoms with E-state index in [1.54, 1.807) is 0 Å². The standard InChI is InChI=1S/C9H6F3O3/c10-9(11,12)7-4-2-1-3-6(7)5-15-8(13)14/h1-4H,5H2. The smallest absolute Gasteiger partial charge is 0.427 e. The summed E-state index contributed by atoms with van der Waals surface area (Å²) in [6.07, 6.45) is -6.38. The van der Waals surface area contributed by atoms with E-state index in [4.69, 9.17) is 0 Å². The van der Waals surface area contributed by atoms with Gasteiger partial charge in [0.15, 0.2) is 0 Å². The minimum Gasteiger partial charge on any atom is -0.427 e. The Bertz CT molecular complexity index is 360. The largest absolute Gasteiger partial charge is 0.550 e. The summed E-state index contributed by atoms with van der Waals surface area (Å²) in [6, 6.07) is 4.58. The fourth-order valence-electron chi connectivity index (χ4n) is 1.06. The molecule has 0 bridgehead atoms. The van der Waals surface area contributed by atoms with Crippen molar-refractivity contribution in [1.29, 1.82) is 0 Å². The zero-order valence-electron chi connectivity index (χ0n) is 7.38. The number of alkyl halides is 3. The van der Waals surface area contributed by atoms with E-state index in [-0.39, 0.29) is 5.56 Å². The number of carbonyl (C=O) groups is 1. The molecule has 1 rings (SSSR count). The number of benzene rings is 1. The molecule has 0 aliphatic carbocycles. The highest BCUT2D eigenvalue weighted by molar-refractivity contribution is 5.56. The normalized spacial score (nSPS) is 11.1. The third-order valence-electron chi connectivity index (χ3n) is 1.67. The molecule has 0 amide bonds. The first-order chi connectivity index (χ1) is 6.91. The minimum atomic E-state index is -4.52. The van der Waals surface area contributed by atoms with Crippen molar-refractivity contribution in [2.45, 2.75) is 12.8 Å². The summed E-state index contributed by atoms with van der Waals surface area (Å²) in [5.74, 6) is 0. The van der Waals surface area contributed by atoms with Gasteiger partial charge in [-0.05, 0) is 6.07 Å². The van der Waals surface area contributed by atoms with Crippen LogP contribution in [0.15, 0.2) is 24.3 Å². The number of halogens is 3. The van der Waals surface area contributed by atoms with Gasteiger partial charge in [0.1, 0.15) is 6.61 Å². The van der Waals surface area contributed by atoms with Crippen LogP contribution in [-0.4, -0.2) is 6.16 Å².